The Morgan fingerprint density at radius 1 is 0.893 bits per heavy atom. The number of benzene rings is 3. The molecule has 3 aromatic carbocycles. The molecule has 1 aliphatic rings. The lowest BCUT2D eigenvalue weighted by Crippen LogP contribution is -2.18. The highest BCUT2D eigenvalue weighted by Gasteiger charge is 2.28. The predicted molar refractivity (Wildman–Crippen MR) is 116 cm³/mol. The van der Waals surface area contributed by atoms with Crippen molar-refractivity contribution in [3.8, 4) is 0 Å². The summed E-state index contributed by atoms with van der Waals surface area (Å²) in [5.41, 5.74) is 3.75. The average Bonchev–Trinajstić information content (AvgIpc) is 3.12. The molecule has 4 rings (SSSR count). The zero-order chi connectivity index (χ0) is 19.5. The monoisotopic (exact) mass is 410 g/mol. The van der Waals surface area contributed by atoms with E-state index in [1.54, 1.807) is 6.07 Å². The lowest BCUT2D eigenvalue weighted by atomic mass is 10.0. The minimum atomic E-state index is -0.285. The number of hydrogen-bond acceptors (Lipinski definition) is 2. The molecule has 140 valence electrons. The molecule has 0 N–H and O–H groups in total. The molecule has 0 bridgehead atoms. The summed E-state index contributed by atoms with van der Waals surface area (Å²) in [6.07, 6.45) is 4.71. The van der Waals surface area contributed by atoms with Gasteiger partial charge in [0.2, 0.25) is 0 Å². The number of halogens is 3. The first-order chi connectivity index (χ1) is 13.6. The van der Waals surface area contributed by atoms with Crippen LogP contribution >= 0.6 is 23.2 Å². The van der Waals surface area contributed by atoms with E-state index >= 15 is 0 Å². The zero-order valence-electron chi connectivity index (χ0n) is 14.9. The van der Waals surface area contributed by atoms with Gasteiger partial charge in [-0.3, -0.25) is 5.01 Å². The van der Waals surface area contributed by atoms with Crippen LogP contribution < -0.4 is 5.01 Å². The van der Waals surface area contributed by atoms with Crippen molar-refractivity contribution in [3.63, 3.8) is 0 Å². The lowest BCUT2D eigenvalue weighted by molar-refractivity contribution is 0.624. The standard InChI is InChI=1S/C23H17Cl2FN2/c24-18-9-4-16(5-10-18)6-13-21-15-23(17-7-11-19(25)12-8-17)28(27-21)22-3-1-2-20(26)14-22/h1-14,23H,15H2/b13-6+/t23-/m1/s1. The van der Waals surface area contributed by atoms with Gasteiger partial charge in [-0.15, -0.1) is 0 Å². The fraction of sp³-hybridized carbons (Fsp3) is 0.0870. The smallest absolute Gasteiger partial charge is 0.125 e. The van der Waals surface area contributed by atoms with Gasteiger partial charge in [0.15, 0.2) is 0 Å². The topological polar surface area (TPSA) is 15.6 Å². The fourth-order valence-electron chi connectivity index (χ4n) is 3.20. The van der Waals surface area contributed by atoms with Crippen LogP contribution in [0.25, 0.3) is 6.08 Å². The van der Waals surface area contributed by atoms with Gasteiger partial charge in [0.25, 0.3) is 0 Å². The van der Waals surface area contributed by atoms with E-state index in [4.69, 9.17) is 28.3 Å². The maximum absolute atomic E-state index is 13.8. The normalized spacial score (nSPS) is 16.6. The van der Waals surface area contributed by atoms with Crippen LogP contribution in [0.15, 0.2) is 84.0 Å². The van der Waals surface area contributed by atoms with Crippen molar-refractivity contribution in [2.24, 2.45) is 5.10 Å². The van der Waals surface area contributed by atoms with Gasteiger partial charge in [0, 0.05) is 16.5 Å². The molecule has 0 fully saturated rings. The first-order valence-electron chi connectivity index (χ1n) is 8.90. The number of rotatable bonds is 4. The second-order valence-corrected chi connectivity index (χ2v) is 7.45. The van der Waals surface area contributed by atoms with E-state index in [0.29, 0.717) is 16.5 Å². The lowest BCUT2D eigenvalue weighted by Gasteiger charge is -2.24. The minimum Gasteiger partial charge on any atom is -0.257 e. The summed E-state index contributed by atoms with van der Waals surface area (Å²) in [7, 11) is 0. The van der Waals surface area contributed by atoms with Gasteiger partial charge >= 0.3 is 0 Å². The molecule has 0 aromatic heterocycles. The third kappa shape index (κ3) is 4.27. The van der Waals surface area contributed by atoms with Crippen LogP contribution in [0.1, 0.15) is 23.6 Å². The molecule has 1 aliphatic heterocycles. The summed E-state index contributed by atoms with van der Waals surface area (Å²) in [6.45, 7) is 0. The molecule has 0 saturated heterocycles. The highest BCUT2D eigenvalue weighted by atomic mass is 35.5. The highest BCUT2D eigenvalue weighted by molar-refractivity contribution is 6.30. The molecule has 2 nitrogen and oxygen atoms in total. The van der Waals surface area contributed by atoms with Crippen molar-refractivity contribution in [2.45, 2.75) is 12.5 Å². The summed E-state index contributed by atoms with van der Waals surface area (Å²) in [6, 6.07) is 21.8. The SMILES string of the molecule is Fc1cccc(N2N=C(/C=C/c3ccc(Cl)cc3)C[C@@H]2c2ccc(Cl)cc2)c1. The van der Waals surface area contributed by atoms with Crippen LogP contribution in [0.3, 0.4) is 0 Å². The molecule has 0 unspecified atom stereocenters. The molecule has 0 amide bonds. The van der Waals surface area contributed by atoms with E-state index in [2.05, 4.69) is 0 Å². The molecular formula is C23H17Cl2FN2. The number of hydrazone groups is 1. The minimum absolute atomic E-state index is 0.0241. The Bertz CT molecular complexity index is 1030. The van der Waals surface area contributed by atoms with Crippen molar-refractivity contribution in [3.05, 3.63) is 106 Å². The van der Waals surface area contributed by atoms with Crippen molar-refractivity contribution in [2.75, 3.05) is 5.01 Å². The van der Waals surface area contributed by atoms with E-state index in [9.17, 15) is 4.39 Å². The largest absolute Gasteiger partial charge is 0.257 e. The fourth-order valence-corrected chi connectivity index (χ4v) is 3.45. The number of hydrogen-bond donors (Lipinski definition) is 0. The second-order valence-electron chi connectivity index (χ2n) is 6.57. The van der Waals surface area contributed by atoms with Gasteiger partial charge in [-0.05, 0) is 59.7 Å². The van der Waals surface area contributed by atoms with Crippen LogP contribution in [0, 0.1) is 5.82 Å². The first-order valence-corrected chi connectivity index (χ1v) is 9.65. The maximum Gasteiger partial charge on any atom is 0.125 e. The third-order valence-electron chi connectivity index (χ3n) is 4.60. The Morgan fingerprint density at radius 2 is 1.57 bits per heavy atom. The zero-order valence-corrected chi connectivity index (χ0v) is 16.4. The van der Waals surface area contributed by atoms with E-state index in [0.717, 1.165) is 22.5 Å². The summed E-state index contributed by atoms with van der Waals surface area (Å²) >= 11 is 12.0. The van der Waals surface area contributed by atoms with Gasteiger partial charge in [-0.1, -0.05) is 59.6 Å². The van der Waals surface area contributed by atoms with Crippen LogP contribution in [0.4, 0.5) is 10.1 Å². The van der Waals surface area contributed by atoms with Gasteiger partial charge in [-0.25, -0.2) is 4.39 Å². The predicted octanol–water partition coefficient (Wildman–Crippen LogP) is 7.15. The third-order valence-corrected chi connectivity index (χ3v) is 5.10. The molecule has 0 spiro atoms. The Hall–Kier alpha value is -2.62. The maximum atomic E-state index is 13.8. The molecule has 3 aromatic rings. The van der Waals surface area contributed by atoms with Gasteiger partial charge < -0.3 is 0 Å². The van der Waals surface area contributed by atoms with E-state index < -0.39 is 0 Å². The molecule has 1 heterocycles. The van der Waals surface area contributed by atoms with E-state index in [1.165, 1.54) is 12.1 Å². The molecule has 5 heteroatoms. The molecule has 0 radical (unpaired) electrons. The number of nitrogens with zero attached hydrogens (tertiary/aromatic N) is 2. The molecular weight excluding hydrogens is 394 g/mol. The molecule has 0 saturated carbocycles. The highest BCUT2D eigenvalue weighted by Crippen LogP contribution is 2.36. The quantitative estimate of drug-likeness (QED) is 0.445. The van der Waals surface area contributed by atoms with Crippen LogP contribution in [0.5, 0.6) is 0 Å². The number of allylic oxidation sites excluding steroid dienone is 1. The summed E-state index contributed by atoms with van der Waals surface area (Å²) in [5, 5.41) is 8.01. The van der Waals surface area contributed by atoms with Gasteiger partial charge in [0.05, 0.1) is 17.4 Å². The van der Waals surface area contributed by atoms with E-state index in [-0.39, 0.29) is 11.9 Å². The van der Waals surface area contributed by atoms with Crippen molar-refractivity contribution < 1.29 is 4.39 Å². The number of anilines is 1. The van der Waals surface area contributed by atoms with Crippen LogP contribution in [-0.4, -0.2) is 5.71 Å². The van der Waals surface area contributed by atoms with Gasteiger partial charge in [-0.2, -0.15) is 5.10 Å². The summed E-state index contributed by atoms with van der Waals surface area (Å²) < 4.78 is 13.8. The first kappa shape index (κ1) is 18.7. The van der Waals surface area contributed by atoms with Crippen molar-refractivity contribution in [1.82, 2.24) is 0 Å². The van der Waals surface area contributed by atoms with Crippen molar-refractivity contribution in [1.29, 1.82) is 0 Å². The Labute approximate surface area is 173 Å². The summed E-state index contributed by atoms with van der Waals surface area (Å²) in [4.78, 5) is 0. The van der Waals surface area contributed by atoms with Gasteiger partial charge in [0.1, 0.15) is 5.82 Å². The van der Waals surface area contributed by atoms with Crippen LogP contribution in [-0.2, 0) is 0 Å². The Kier molecular flexibility index (Phi) is 5.47. The Morgan fingerprint density at radius 3 is 2.25 bits per heavy atom. The van der Waals surface area contributed by atoms with Crippen molar-refractivity contribution >= 4 is 40.7 Å². The molecule has 28 heavy (non-hydrogen) atoms. The molecule has 0 aliphatic carbocycles. The second kappa shape index (κ2) is 8.17. The molecule has 1 atom stereocenters. The Balaban J connectivity index is 1.65. The van der Waals surface area contributed by atoms with E-state index in [1.807, 2.05) is 71.8 Å². The average molecular weight is 411 g/mol. The van der Waals surface area contributed by atoms with Crippen LogP contribution in [0.2, 0.25) is 10.0 Å². The summed E-state index contributed by atoms with van der Waals surface area (Å²) in [5.74, 6) is -0.285.